The number of alkyl halides is 3. The van der Waals surface area contributed by atoms with Gasteiger partial charge in [-0.15, -0.1) is 0 Å². The zero-order valence-electron chi connectivity index (χ0n) is 19.8. The van der Waals surface area contributed by atoms with Crippen LogP contribution in [0.25, 0.3) is 0 Å². The van der Waals surface area contributed by atoms with Crippen LogP contribution in [0.2, 0.25) is 0 Å². The SMILES string of the molecule is O=C(CCC1CCC(CCN2CCN(C3=CC(C(F)(F)F)=CCC3)CC2)CC1)C1CC=CC1. The quantitative estimate of drug-likeness (QED) is 0.395. The molecule has 0 aromatic rings. The second kappa shape index (κ2) is 11.2. The molecule has 0 radical (unpaired) electrons. The molecule has 4 aliphatic rings. The third kappa shape index (κ3) is 6.97. The number of halogens is 3. The van der Waals surface area contributed by atoms with Crippen LogP contribution in [0.5, 0.6) is 0 Å². The summed E-state index contributed by atoms with van der Waals surface area (Å²) in [5, 5.41) is 0. The predicted molar refractivity (Wildman–Crippen MR) is 126 cm³/mol. The second-order valence-corrected chi connectivity index (χ2v) is 10.5. The van der Waals surface area contributed by atoms with Gasteiger partial charge in [0.25, 0.3) is 0 Å². The molecule has 0 N–H and O–H groups in total. The molecule has 0 aromatic heterocycles. The number of hydrogen-bond donors (Lipinski definition) is 0. The van der Waals surface area contributed by atoms with Crippen LogP contribution in [0.4, 0.5) is 13.2 Å². The van der Waals surface area contributed by atoms with E-state index in [1.54, 1.807) is 0 Å². The first-order chi connectivity index (χ1) is 15.9. The lowest BCUT2D eigenvalue weighted by atomic mass is 9.78. The lowest BCUT2D eigenvalue weighted by molar-refractivity contribution is -0.122. The number of carbonyl (C=O) groups is 1. The fourth-order valence-corrected chi connectivity index (χ4v) is 6.00. The maximum Gasteiger partial charge on any atom is 0.416 e. The number of Topliss-reactive ketones (excluding diaryl/α,β-unsaturated/α-hetero) is 1. The minimum Gasteiger partial charge on any atom is -0.372 e. The molecule has 0 atom stereocenters. The third-order valence-corrected chi connectivity index (χ3v) is 8.27. The van der Waals surface area contributed by atoms with Crippen molar-refractivity contribution in [3.8, 4) is 0 Å². The van der Waals surface area contributed by atoms with Gasteiger partial charge in [0.05, 0.1) is 5.57 Å². The number of carbonyl (C=O) groups excluding carboxylic acids is 1. The van der Waals surface area contributed by atoms with Gasteiger partial charge in [-0.1, -0.05) is 43.9 Å². The van der Waals surface area contributed by atoms with Crippen molar-refractivity contribution in [3.05, 3.63) is 35.6 Å². The molecule has 4 rings (SSSR count). The molecule has 1 saturated carbocycles. The van der Waals surface area contributed by atoms with E-state index in [4.69, 9.17) is 0 Å². The zero-order chi connectivity index (χ0) is 23.3. The Morgan fingerprint density at radius 3 is 2.21 bits per heavy atom. The Bertz CT molecular complexity index is 746. The summed E-state index contributed by atoms with van der Waals surface area (Å²) in [7, 11) is 0. The van der Waals surface area contributed by atoms with Gasteiger partial charge < -0.3 is 4.90 Å². The van der Waals surface area contributed by atoms with Gasteiger partial charge in [-0.05, 0) is 63.0 Å². The Morgan fingerprint density at radius 2 is 1.58 bits per heavy atom. The summed E-state index contributed by atoms with van der Waals surface area (Å²) in [4.78, 5) is 17.0. The molecule has 0 aromatic carbocycles. The highest BCUT2D eigenvalue weighted by atomic mass is 19.4. The van der Waals surface area contributed by atoms with E-state index >= 15 is 0 Å². The molecule has 184 valence electrons. The maximum atomic E-state index is 13.0. The molecule has 0 unspecified atom stereocenters. The van der Waals surface area contributed by atoms with Crippen molar-refractivity contribution in [3.63, 3.8) is 0 Å². The summed E-state index contributed by atoms with van der Waals surface area (Å²) in [5.41, 5.74) is 0.368. The van der Waals surface area contributed by atoms with Crippen molar-refractivity contribution in [2.45, 2.75) is 76.8 Å². The van der Waals surface area contributed by atoms with E-state index in [2.05, 4.69) is 22.0 Å². The zero-order valence-corrected chi connectivity index (χ0v) is 19.8. The number of hydrogen-bond acceptors (Lipinski definition) is 3. The predicted octanol–water partition coefficient (Wildman–Crippen LogP) is 6.28. The number of allylic oxidation sites excluding steroid dienone is 6. The fourth-order valence-electron chi connectivity index (χ4n) is 6.00. The summed E-state index contributed by atoms with van der Waals surface area (Å²) in [6.07, 6.45) is 14.0. The molecule has 0 amide bonds. The maximum absolute atomic E-state index is 13.0. The topological polar surface area (TPSA) is 23.6 Å². The van der Waals surface area contributed by atoms with Crippen LogP contribution in [0, 0.1) is 17.8 Å². The van der Waals surface area contributed by atoms with Crippen molar-refractivity contribution in [2.75, 3.05) is 32.7 Å². The second-order valence-electron chi connectivity index (χ2n) is 10.5. The van der Waals surface area contributed by atoms with E-state index < -0.39 is 11.7 Å². The van der Waals surface area contributed by atoms with Crippen LogP contribution in [0.3, 0.4) is 0 Å². The normalized spacial score (nSPS) is 27.5. The highest BCUT2D eigenvalue weighted by Crippen LogP contribution is 2.35. The Labute approximate surface area is 196 Å². The van der Waals surface area contributed by atoms with Crippen LogP contribution >= 0.6 is 0 Å². The molecule has 1 saturated heterocycles. The highest BCUT2D eigenvalue weighted by Gasteiger charge is 2.34. The number of rotatable bonds is 8. The Balaban J connectivity index is 1.10. The van der Waals surface area contributed by atoms with E-state index in [1.165, 1.54) is 44.3 Å². The fraction of sp³-hybridized carbons (Fsp3) is 0.741. The Hall–Kier alpha value is -1.56. The molecule has 0 spiro atoms. The van der Waals surface area contributed by atoms with Gasteiger partial charge in [0, 0.05) is 44.2 Å². The smallest absolute Gasteiger partial charge is 0.372 e. The summed E-state index contributed by atoms with van der Waals surface area (Å²) in [6, 6.07) is 0. The van der Waals surface area contributed by atoms with Gasteiger partial charge in [0.1, 0.15) is 5.78 Å². The molecule has 3 nitrogen and oxygen atoms in total. The van der Waals surface area contributed by atoms with Gasteiger partial charge >= 0.3 is 6.18 Å². The Morgan fingerprint density at radius 1 is 0.939 bits per heavy atom. The van der Waals surface area contributed by atoms with Crippen LogP contribution < -0.4 is 0 Å². The lowest BCUT2D eigenvalue weighted by Crippen LogP contribution is -2.46. The van der Waals surface area contributed by atoms with E-state index in [-0.39, 0.29) is 5.92 Å². The van der Waals surface area contributed by atoms with E-state index in [0.717, 1.165) is 75.9 Å². The van der Waals surface area contributed by atoms with Gasteiger partial charge in [0.15, 0.2) is 0 Å². The largest absolute Gasteiger partial charge is 0.416 e. The van der Waals surface area contributed by atoms with E-state index in [1.807, 2.05) is 0 Å². The van der Waals surface area contributed by atoms with Gasteiger partial charge in [0.2, 0.25) is 0 Å². The molecular formula is C27H39F3N2O. The molecule has 6 heteroatoms. The Kier molecular flexibility index (Phi) is 8.37. The average molecular weight is 465 g/mol. The standard InChI is InChI=1S/C27H39F3N2O/c28-27(29,30)24-6-3-7-25(20-24)32-18-16-31(17-19-32)15-14-22-10-8-21(9-11-22)12-13-26(33)23-4-1-2-5-23/h1-2,6,20-23H,3-5,7-19H2. The van der Waals surface area contributed by atoms with Gasteiger partial charge in [-0.2, -0.15) is 13.2 Å². The summed E-state index contributed by atoms with van der Waals surface area (Å²) in [5.74, 6) is 2.24. The van der Waals surface area contributed by atoms with Crippen LogP contribution in [0.1, 0.15) is 70.6 Å². The molecule has 0 bridgehead atoms. The molecule has 33 heavy (non-hydrogen) atoms. The van der Waals surface area contributed by atoms with Crippen molar-refractivity contribution in [1.82, 2.24) is 9.80 Å². The molecule has 1 heterocycles. The first-order valence-electron chi connectivity index (χ1n) is 13.0. The monoisotopic (exact) mass is 464 g/mol. The van der Waals surface area contributed by atoms with Crippen molar-refractivity contribution >= 4 is 5.78 Å². The number of nitrogens with zero attached hydrogens (tertiary/aromatic N) is 2. The third-order valence-electron chi connectivity index (χ3n) is 8.27. The average Bonchev–Trinajstić information content (AvgIpc) is 3.37. The summed E-state index contributed by atoms with van der Waals surface area (Å²) < 4.78 is 39.1. The number of ketones is 1. The lowest BCUT2D eigenvalue weighted by Gasteiger charge is -2.39. The number of piperazine rings is 1. The van der Waals surface area contributed by atoms with Crippen molar-refractivity contribution < 1.29 is 18.0 Å². The summed E-state index contributed by atoms with van der Waals surface area (Å²) in [6.45, 7) is 4.64. The minimum absolute atomic E-state index is 0.263. The van der Waals surface area contributed by atoms with Gasteiger partial charge in [-0.3, -0.25) is 9.69 Å². The van der Waals surface area contributed by atoms with Crippen LogP contribution in [-0.2, 0) is 4.79 Å². The molecule has 3 aliphatic carbocycles. The minimum atomic E-state index is -4.24. The molecule has 2 fully saturated rings. The van der Waals surface area contributed by atoms with Gasteiger partial charge in [-0.25, -0.2) is 0 Å². The highest BCUT2D eigenvalue weighted by molar-refractivity contribution is 5.81. The van der Waals surface area contributed by atoms with Crippen molar-refractivity contribution in [1.29, 1.82) is 0 Å². The molecular weight excluding hydrogens is 425 g/mol. The molecule has 1 aliphatic heterocycles. The van der Waals surface area contributed by atoms with E-state index in [0.29, 0.717) is 18.6 Å². The van der Waals surface area contributed by atoms with E-state index in [9.17, 15) is 18.0 Å². The summed E-state index contributed by atoms with van der Waals surface area (Å²) >= 11 is 0. The van der Waals surface area contributed by atoms with Crippen LogP contribution in [0.15, 0.2) is 35.6 Å². The first kappa shape index (κ1) is 24.6. The first-order valence-corrected chi connectivity index (χ1v) is 13.0. The van der Waals surface area contributed by atoms with Crippen molar-refractivity contribution in [2.24, 2.45) is 17.8 Å². The van der Waals surface area contributed by atoms with Crippen LogP contribution in [-0.4, -0.2) is 54.5 Å².